The highest BCUT2D eigenvalue weighted by atomic mass is 16.5. The minimum Gasteiger partial charge on any atom is -0.383 e. The predicted octanol–water partition coefficient (Wildman–Crippen LogP) is 1.81. The summed E-state index contributed by atoms with van der Waals surface area (Å²) in [5.41, 5.74) is 0.654. The van der Waals surface area contributed by atoms with E-state index in [1.807, 2.05) is 17.0 Å². The van der Waals surface area contributed by atoms with E-state index >= 15 is 0 Å². The van der Waals surface area contributed by atoms with Gasteiger partial charge in [-0.3, -0.25) is 4.79 Å². The van der Waals surface area contributed by atoms with Crippen LogP contribution < -0.4 is 4.90 Å². The largest absolute Gasteiger partial charge is 0.383 e. The third-order valence-electron chi connectivity index (χ3n) is 4.26. The van der Waals surface area contributed by atoms with E-state index in [2.05, 4.69) is 16.8 Å². The van der Waals surface area contributed by atoms with E-state index in [1.165, 1.54) is 0 Å². The molecule has 6 nitrogen and oxygen atoms in total. The van der Waals surface area contributed by atoms with Gasteiger partial charge in [-0.25, -0.2) is 4.98 Å². The van der Waals surface area contributed by atoms with Crippen LogP contribution >= 0.6 is 0 Å². The van der Waals surface area contributed by atoms with Crippen molar-refractivity contribution in [3.05, 3.63) is 23.9 Å². The van der Waals surface area contributed by atoms with Crippen LogP contribution in [0.4, 0.5) is 5.82 Å². The van der Waals surface area contributed by atoms with E-state index in [0.29, 0.717) is 24.8 Å². The molecule has 128 valence electrons. The zero-order valence-electron chi connectivity index (χ0n) is 14.3. The molecule has 1 atom stereocenters. The summed E-state index contributed by atoms with van der Waals surface area (Å²) in [4.78, 5) is 21.0. The zero-order valence-corrected chi connectivity index (χ0v) is 14.3. The minimum atomic E-state index is 0.0781. The number of methoxy groups -OCH3 is 2. The van der Waals surface area contributed by atoms with E-state index in [9.17, 15) is 4.79 Å². The van der Waals surface area contributed by atoms with E-state index in [0.717, 1.165) is 38.3 Å². The van der Waals surface area contributed by atoms with Crippen LogP contribution in [0.25, 0.3) is 0 Å². The Balaban J connectivity index is 2.05. The summed E-state index contributed by atoms with van der Waals surface area (Å²) in [6.07, 6.45) is 3.84. The smallest absolute Gasteiger partial charge is 0.255 e. The number of rotatable bonds is 8. The fourth-order valence-electron chi connectivity index (χ4n) is 2.84. The van der Waals surface area contributed by atoms with Crippen LogP contribution in [0.1, 0.15) is 30.1 Å². The van der Waals surface area contributed by atoms with Crippen molar-refractivity contribution >= 4 is 11.7 Å². The van der Waals surface area contributed by atoms with Crippen molar-refractivity contribution in [2.75, 3.05) is 52.0 Å². The SMILES string of the molecule is COCCN(CCOC)c1ccc(C(=O)N2CCCC2C)cn1. The molecule has 0 aliphatic carbocycles. The summed E-state index contributed by atoms with van der Waals surface area (Å²) in [6, 6.07) is 4.09. The Morgan fingerprint density at radius 3 is 2.48 bits per heavy atom. The molecular weight excluding hydrogens is 294 g/mol. The first-order valence-electron chi connectivity index (χ1n) is 8.17. The lowest BCUT2D eigenvalue weighted by Gasteiger charge is -2.24. The molecule has 1 aliphatic heterocycles. The number of carbonyl (C=O) groups is 1. The number of anilines is 1. The average Bonchev–Trinajstić information content (AvgIpc) is 3.00. The standard InChI is InChI=1S/C17H27N3O3/c1-14-5-4-8-20(14)17(21)15-6-7-16(18-13-15)19(9-11-22-2)10-12-23-3/h6-7,13-14H,4-5,8-12H2,1-3H3. The predicted molar refractivity (Wildman–Crippen MR) is 89.9 cm³/mol. The molecule has 1 saturated heterocycles. The molecule has 1 unspecified atom stereocenters. The molecule has 0 aromatic carbocycles. The van der Waals surface area contributed by atoms with Crippen molar-refractivity contribution in [3.8, 4) is 0 Å². The second-order valence-electron chi connectivity index (χ2n) is 5.87. The van der Waals surface area contributed by atoms with Crippen LogP contribution in [0.5, 0.6) is 0 Å². The van der Waals surface area contributed by atoms with Gasteiger partial charge in [0.25, 0.3) is 5.91 Å². The van der Waals surface area contributed by atoms with Crippen LogP contribution in [-0.4, -0.2) is 68.9 Å². The van der Waals surface area contributed by atoms with Crippen molar-refractivity contribution < 1.29 is 14.3 Å². The van der Waals surface area contributed by atoms with Crippen LogP contribution in [-0.2, 0) is 9.47 Å². The first-order valence-corrected chi connectivity index (χ1v) is 8.17. The zero-order chi connectivity index (χ0) is 16.7. The Hall–Kier alpha value is -1.66. The first kappa shape index (κ1) is 17.7. The van der Waals surface area contributed by atoms with Crippen LogP contribution in [0.3, 0.4) is 0 Å². The van der Waals surface area contributed by atoms with Gasteiger partial charge in [0.1, 0.15) is 5.82 Å². The maximum absolute atomic E-state index is 12.5. The third kappa shape index (κ3) is 4.65. The maximum atomic E-state index is 12.5. The Morgan fingerprint density at radius 2 is 2.00 bits per heavy atom. The van der Waals surface area contributed by atoms with Crippen molar-refractivity contribution in [2.45, 2.75) is 25.8 Å². The second kappa shape index (κ2) is 8.84. The van der Waals surface area contributed by atoms with E-state index in [1.54, 1.807) is 20.4 Å². The quantitative estimate of drug-likeness (QED) is 0.731. The molecule has 2 heterocycles. The van der Waals surface area contributed by atoms with Crippen molar-refractivity contribution in [1.29, 1.82) is 0 Å². The molecule has 23 heavy (non-hydrogen) atoms. The number of carbonyl (C=O) groups excluding carboxylic acids is 1. The lowest BCUT2D eigenvalue weighted by atomic mass is 10.2. The Labute approximate surface area is 138 Å². The molecule has 1 aromatic heterocycles. The first-order chi connectivity index (χ1) is 11.2. The molecule has 2 rings (SSSR count). The molecule has 0 spiro atoms. The number of amides is 1. The highest BCUT2D eigenvalue weighted by molar-refractivity contribution is 5.94. The summed E-state index contributed by atoms with van der Waals surface area (Å²) >= 11 is 0. The highest BCUT2D eigenvalue weighted by Gasteiger charge is 2.26. The Bertz CT molecular complexity index is 484. The lowest BCUT2D eigenvalue weighted by Crippen LogP contribution is -2.34. The topological polar surface area (TPSA) is 54.9 Å². The number of likely N-dealkylation sites (tertiary alicyclic amines) is 1. The van der Waals surface area contributed by atoms with Gasteiger partial charge in [-0.15, -0.1) is 0 Å². The molecular formula is C17H27N3O3. The van der Waals surface area contributed by atoms with Gasteiger partial charge in [-0.2, -0.15) is 0 Å². The number of ether oxygens (including phenoxy) is 2. The van der Waals surface area contributed by atoms with Crippen molar-refractivity contribution in [2.24, 2.45) is 0 Å². The van der Waals surface area contributed by atoms with Crippen LogP contribution in [0.2, 0.25) is 0 Å². The monoisotopic (exact) mass is 321 g/mol. The molecule has 1 aromatic rings. The molecule has 0 N–H and O–H groups in total. The molecule has 1 fully saturated rings. The Morgan fingerprint density at radius 1 is 1.30 bits per heavy atom. The molecule has 1 amide bonds. The number of hydrogen-bond acceptors (Lipinski definition) is 5. The fraction of sp³-hybridized carbons (Fsp3) is 0.647. The lowest BCUT2D eigenvalue weighted by molar-refractivity contribution is 0.0747. The van der Waals surface area contributed by atoms with E-state index in [-0.39, 0.29) is 5.91 Å². The number of pyridine rings is 1. The van der Waals surface area contributed by atoms with Gasteiger partial charge in [0.05, 0.1) is 18.8 Å². The average molecular weight is 321 g/mol. The third-order valence-corrected chi connectivity index (χ3v) is 4.26. The van der Waals surface area contributed by atoms with Crippen molar-refractivity contribution in [3.63, 3.8) is 0 Å². The molecule has 1 aliphatic rings. The summed E-state index contributed by atoms with van der Waals surface area (Å²) < 4.78 is 10.3. The highest BCUT2D eigenvalue weighted by Crippen LogP contribution is 2.20. The summed E-state index contributed by atoms with van der Waals surface area (Å²) in [5.74, 6) is 0.916. The van der Waals surface area contributed by atoms with Gasteiger partial charge in [-0.05, 0) is 31.9 Å². The Kier molecular flexibility index (Phi) is 6.80. The summed E-state index contributed by atoms with van der Waals surface area (Å²) in [6.45, 7) is 5.67. The minimum absolute atomic E-state index is 0.0781. The normalized spacial score (nSPS) is 17.5. The van der Waals surface area contributed by atoms with Crippen LogP contribution in [0.15, 0.2) is 18.3 Å². The number of hydrogen-bond donors (Lipinski definition) is 0. The molecule has 0 radical (unpaired) electrons. The maximum Gasteiger partial charge on any atom is 0.255 e. The summed E-state index contributed by atoms with van der Waals surface area (Å²) in [5, 5.41) is 0. The number of nitrogens with zero attached hydrogens (tertiary/aromatic N) is 3. The fourth-order valence-corrected chi connectivity index (χ4v) is 2.84. The molecule has 6 heteroatoms. The number of aromatic nitrogens is 1. The van der Waals surface area contributed by atoms with E-state index < -0.39 is 0 Å². The molecule has 0 bridgehead atoms. The second-order valence-corrected chi connectivity index (χ2v) is 5.87. The van der Waals surface area contributed by atoms with Crippen LogP contribution in [0, 0.1) is 0 Å². The van der Waals surface area contributed by atoms with Gasteiger partial charge < -0.3 is 19.3 Å². The van der Waals surface area contributed by atoms with E-state index in [4.69, 9.17) is 9.47 Å². The van der Waals surface area contributed by atoms with Gasteiger partial charge >= 0.3 is 0 Å². The van der Waals surface area contributed by atoms with Crippen molar-refractivity contribution in [1.82, 2.24) is 9.88 Å². The summed E-state index contributed by atoms with van der Waals surface area (Å²) in [7, 11) is 3.36. The van der Waals surface area contributed by atoms with Gasteiger partial charge in [0.15, 0.2) is 0 Å². The molecule has 0 saturated carbocycles. The van der Waals surface area contributed by atoms with Gasteiger partial charge in [0, 0.05) is 46.1 Å². The van der Waals surface area contributed by atoms with Gasteiger partial charge in [0.2, 0.25) is 0 Å². The van der Waals surface area contributed by atoms with Gasteiger partial charge in [-0.1, -0.05) is 0 Å².